The third-order valence-corrected chi connectivity index (χ3v) is 2.41. The summed E-state index contributed by atoms with van der Waals surface area (Å²) in [7, 11) is 3.48. The Bertz CT molecular complexity index is 156. The molecule has 0 aliphatic rings. The molecule has 1 N–H and O–H groups in total. The fraction of sp³-hybridized carbons (Fsp3) is 0.889. The van der Waals surface area contributed by atoms with Crippen molar-refractivity contribution in [2.24, 2.45) is 0 Å². The quantitative estimate of drug-likeness (QED) is 0.587. The summed E-state index contributed by atoms with van der Waals surface area (Å²) in [5, 5.41) is 3.02. The summed E-state index contributed by atoms with van der Waals surface area (Å²) in [6, 6.07) is 0. The zero-order valence-corrected chi connectivity index (χ0v) is 10.0. The van der Waals surface area contributed by atoms with Crippen LogP contribution in [0.25, 0.3) is 0 Å². The van der Waals surface area contributed by atoms with Crippen molar-refractivity contribution in [2.45, 2.75) is 0 Å². The topological polar surface area (TPSA) is 41.6 Å². The number of hydrogen-bond acceptors (Lipinski definition) is 4. The van der Waals surface area contributed by atoms with Gasteiger partial charge in [-0.15, -0.1) is 0 Å². The van der Waals surface area contributed by atoms with E-state index in [1.807, 2.05) is 13.3 Å². The van der Waals surface area contributed by atoms with Crippen LogP contribution in [0.4, 0.5) is 0 Å². The van der Waals surface area contributed by atoms with Gasteiger partial charge in [0.15, 0.2) is 0 Å². The number of likely N-dealkylation sites (N-methyl/N-ethyl adjacent to an activating group) is 1. The van der Waals surface area contributed by atoms with Gasteiger partial charge in [0, 0.05) is 33.0 Å². The van der Waals surface area contributed by atoms with Gasteiger partial charge in [0.05, 0.1) is 13.2 Å². The Balaban J connectivity index is 3.42. The van der Waals surface area contributed by atoms with Crippen LogP contribution in [0.15, 0.2) is 0 Å². The number of carbonyl (C=O) groups excluding carboxylic acids is 1. The highest BCUT2D eigenvalue weighted by atomic mass is 32.2. The standard InChI is InChI=1S/C9H20N2O2S/c1-11(5-7-14-3)9(12)8-10-4-6-13-2/h10H,4-8H2,1-3H3. The van der Waals surface area contributed by atoms with Crippen molar-refractivity contribution in [1.82, 2.24) is 10.2 Å². The van der Waals surface area contributed by atoms with Crippen LogP contribution in [-0.2, 0) is 9.53 Å². The Kier molecular flexibility index (Phi) is 9.13. The molecule has 0 unspecified atom stereocenters. The maximum atomic E-state index is 11.4. The van der Waals surface area contributed by atoms with Crippen molar-refractivity contribution in [3.63, 3.8) is 0 Å². The second kappa shape index (κ2) is 9.30. The Labute approximate surface area is 90.4 Å². The van der Waals surface area contributed by atoms with E-state index in [-0.39, 0.29) is 5.91 Å². The molecule has 0 aliphatic carbocycles. The van der Waals surface area contributed by atoms with Crippen molar-refractivity contribution in [2.75, 3.05) is 52.4 Å². The van der Waals surface area contributed by atoms with Crippen molar-refractivity contribution < 1.29 is 9.53 Å². The van der Waals surface area contributed by atoms with Gasteiger partial charge in [0.25, 0.3) is 0 Å². The molecule has 14 heavy (non-hydrogen) atoms. The van der Waals surface area contributed by atoms with E-state index in [0.29, 0.717) is 13.2 Å². The summed E-state index contributed by atoms with van der Waals surface area (Å²) in [5.41, 5.74) is 0. The van der Waals surface area contributed by atoms with Crippen LogP contribution < -0.4 is 5.32 Å². The summed E-state index contributed by atoms with van der Waals surface area (Å²) >= 11 is 1.75. The predicted molar refractivity (Wildman–Crippen MR) is 60.8 cm³/mol. The second-order valence-electron chi connectivity index (χ2n) is 2.98. The van der Waals surface area contributed by atoms with Crippen molar-refractivity contribution in [3.8, 4) is 0 Å². The van der Waals surface area contributed by atoms with Gasteiger partial charge in [-0.05, 0) is 6.26 Å². The van der Waals surface area contributed by atoms with E-state index in [0.717, 1.165) is 18.8 Å². The van der Waals surface area contributed by atoms with Crippen LogP contribution in [0.2, 0.25) is 0 Å². The van der Waals surface area contributed by atoms with Crippen LogP contribution in [0.3, 0.4) is 0 Å². The lowest BCUT2D eigenvalue weighted by Gasteiger charge is -2.16. The van der Waals surface area contributed by atoms with E-state index in [9.17, 15) is 4.79 Å². The Morgan fingerprint density at radius 1 is 1.57 bits per heavy atom. The molecule has 0 bridgehead atoms. The van der Waals surface area contributed by atoms with Gasteiger partial charge >= 0.3 is 0 Å². The van der Waals surface area contributed by atoms with Crippen LogP contribution in [0.1, 0.15) is 0 Å². The summed E-state index contributed by atoms with van der Waals surface area (Å²) in [6.45, 7) is 2.57. The number of ether oxygens (including phenoxy) is 1. The Morgan fingerprint density at radius 3 is 2.86 bits per heavy atom. The number of methoxy groups -OCH3 is 1. The fourth-order valence-corrected chi connectivity index (χ4v) is 1.31. The lowest BCUT2D eigenvalue weighted by molar-refractivity contribution is -0.128. The molecule has 0 radical (unpaired) electrons. The van der Waals surface area contributed by atoms with Gasteiger partial charge in [0.1, 0.15) is 0 Å². The molecule has 0 aromatic carbocycles. The summed E-state index contributed by atoms with van der Waals surface area (Å²) in [4.78, 5) is 13.2. The van der Waals surface area contributed by atoms with Gasteiger partial charge in [-0.1, -0.05) is 0 Å². The van der Waals surface area contributed by atoms with Gasteiger partial charge in [-0.3, -0.25) is 4.79 Å². The first-order valence-corrected chi connectivity index (χ1v) is 6.04. The second-order valence-corrected chi connectivity index (χ2v) is 3.96. The zero-order chi connectivity index (χ0) is 10.8. The number of nitrogens with one attached hydrogen (secondary N) is 1. The molecule has 0 spiro atoms. The summed E-state index contributed by atoms with van der Waals surface area (Å²) in [5.74, 6) is 1.12. The molecule has 0 rings (SSSR count). The van der Waals surface area contributed by atoms with Crippen LogP contribution in [0, 0.1) is 0 Å². The Hall–Kier alpha value is -0.260. The number of carbonyl (C=O) groups is 1. The molecule has 0 atom stereocenters. The normalized spacial score (nSPS) is 10.2. The largest absolute Gasteiger partial charge is 0.383 e. The van der Waals surface area contributed by atoms with E-state index in [1.54, 1.807) is 23.8 Å². The maximum Gasteiger partial charge on any atom is 0.236 e. The van der Waals surface area contributed by atoms with Crippen molar-refractivity contribution in [3.05, 3.63) is 0 Å². The maximum absolute atomic E-state index is 11.4. The zero-order valence-electron chi connectivity index (χ0n) is 9.21. The molecule has 1 amide bonds. The molecule has 0 heterocycles. The average molecular weight is 220 g/mol. The third kappa shape index (κ3) is 7.17. The molecule has 4 nitrogen and oxygen atoms in total. The first-order chi connectivity index (χ1) is 6.72. The number of rotatable bonds is 8. The minimum Gasteiger partial charge on any atom is -0.383 e. The molecule has 0 aromatic rings. The third-order valence-electron chi connectivity index (χ3n) is 1.82. The van der Waals surface area contributed by atoms with Gasteiger partial charge in [-0.25, -0.2) is 0 Å². The molecular weight excluding hydrogens is 200 g/mol. The molecule has 0 saturated carbocycles. The molecule has 5 heteroatoms. The van der Waals surface area contributed by atoms with Gasteiger partial charge in [0.2, 0.25) is 5.91 Å². The predicted octanol–water partition coefficient (Wildman–Crippen LogP) is 0.0438. The van der Waals surface area contributed by atoms with Crippen LogP contribution in [0.5, 0.6) is 0 Å². The lowest BCUT2D eigenvalue weighted by atomic mass is 10.5. The van der Waals surface area contributed by atoms with Gasteiger partial charge in [-0.2, -0.15) is 11.8 Å². The number of amides is 1. The molecule has 0 saturated heterocycles. The molecular formula is C9H20N2O2S. The lowest BCUT2D eigenvalue weighted by Crippen LogP contribution is -2.37. The molecule has 0 aliphatic heterocycles. The number of nitrogens with zero attached hydrogens (tertiary/aromatic N) is 1. The van der Waals surface area contributed by atoms with E-state index >= 15 is 0 Å². The smallest absolute Gasteiger partial charge is 0.236 e. The van der Waals surface area contributed by atoms with Crippen LogP contribution in [-0.4, -0.2) is 63.2 Å². The number of thioether (sulfide) groups is 1. The first kappa shape index (κ1) is 13.7. The highest BCUT2D eigenvalue weighted by molar-refractivity contribution is 7.98. The number of hydrogen-bond donors (Lipinski definition) is 1. The molecule has 84 valence electrons. The van der Waals surface area contributed by atoms with Crippen molar-refractivity contribution in [1.29, 1.82) is 0 Å². The highest BCUT2D eigenvalue weighted by Crippen LogP contribution is 1.93. The monoisotopic (exact) mass is 220 g/mol. The SMILES string of the molecule is COCCNCC(=O)N(C)CCSC. The van der Waals surface area contributed by atoms with E-state index in [4.69, 9.17) is 4.74 Å². The molecule has 0 fully saturated rings. The van der Waals surface area contributed by atoms with E-state index < -0.39 is 0 Å². The fourth-order valence-electron chi connectivity index (χ4n) is 0.857. The first-order valence-electron chi connectivity index (χ1n) is 4.65. The average Bonchev–Trinajstić information content (AvgIpc) is 2.20. The Morgan fingerprint density at radius 2 is 2.29 bits per heavy atom. The minimum absolute atomic E-state index is 0.134. The minimum atomic E-state index is 0.134. The van der Waals surface area contributed by atoms with E-state index in [1.165, 1.54) is 0 Å². The molecule has 0 aromatic heterocycles. The highest BCUT2D eigenvalue weighted by Gasteiger charge is 2.06. The van der Waals surface area contributed by atoms with Crippen molar-refractivity contribution >= 4 is 17.7 Å². The van der Waals surface area contributed by atoms with Crippen LogP contribution >= 0.6 is 11.8 Å². The van der Waals surface area contributed by atoms with Gasteiger partial charge < -0.3 is 15.0 Å². The summed E-state index contributed by atoms with van der Waals surface area (Å²) < 4.78 is 4.86. The summed E-state index contributed by atoms with van der Waals surface area (Å²) in [6.07, 6.45) is 2.04. The van der Waals surface area contributed by atoms with E-state index in [2.05, 4.69) is 5.32 Å².